The molecule has 0 aromatic carbocycles. The molecule has 0 amide bonds. The van der Waals surface area contributed by atoms with Crippen molar-refractivity contribution in [3.05, 3.63) is 7.18 Å². The summed E-state index contributed by atoms with van der Waals surface area (Å²) < 4.78 is 13.3. The van der Waals surface area contributed by atoms with E-state index in [9.17, 15) is 0 Å². The van der Waals surface area contributed by atoms with Crippen LogP contribution in [0.2, 0.25) is 0 Å². The number of hydrogen-bond donors (Lipinski definition) is 0. The summed E-state index contributed by atoms with van der Waals surface area (Å²) in [5, 5.41) is 0. The fraction of sp³-hybridized carbons (Fsp3) is 0. The minimum absolute atomic E-state index is 0.931. The van der Waals surface area contributed by atoms with E-state index in [-0.39, 0.29) is 0 Å². The normalized spacial score (nSPS) is 6.00. The zero-order valence-electron chi connectivity index (χ0n) is 3.29. The molecule has 3 radical (unpaired) electrons. The van der Waals surface area contributed by atoms with Gasteiger partial charge in [0.25, 0.3) is 0 Å². The molecule has 31 valence electrons. The Bertz CT molecular complexity index is 9.61. The molecule has 0 N–H and O–H groups in total. The molecule has 4 heteroatoms. The first-order valence-electron chi connectivity index (χ1n) is 1.01. The Kier molecular flexibility index (Phi) is 49.1. The summed E-state index contributed by atoms with van der Waals surface area (Å²) in [6.07, 6.45) is 0. The van der Waals surface area contributed by atoms with Crippen LogP contribution in [0.1, 0.15) is 0 Å². The SMILES string of the molecule is [C]F.[SiH3]O[SiH3]. The van der Waals surface area contributed by atoms with Crippen LogP contribution in [0.5, 0.6) is 0 Å². The molecule has 5 heavy (non-hydrogen) atoms. The smallest absolute Gasteiger partial charge is 0.232 e. The van der Waals surface area contributed by atoms with E-state index in [4.69, 9.17) is 4.39 Å². The first-order valence-corrected chi connectivity index (χ1v) is 2.64. The van der Waals surface area contributed by atoms with E-state index in [1.807, 2.05) is 0 Å². The molecule has 0 aromatic rings. The van der Waals surface area contributed by atoms with Crippen molar-refractivity contribution in [1.82, 2.24) is 0 Å². The number of halogens is 1. The van der Waals surface area contributed by atoms with Gasteiger partial charge in [0.1, 0.15) is 21.0 Å². The molecule has 0 saturated carbocycles. The second-order valence-electron chi connectivity index (χ2n) is 0.408. The van der Waals surface area contributed by atoms with Crippen LogP contribution >= 0.6 is 0 Å². The van der Waals surface area contributed by atoms with Crippen molar-refractivity contribution in [2.24, 2.45) is 0 Å². The minimum atomic E-state index is 0.931. The topological polar surface area (TPSA) is 9.23 Å². The minimum Gasteiger partial charge on any atom is -0.471 e. The van der Waals surface area contributed by atoms with Crippen molar-refractivity contribution in [3.8, 4) is 0 Å². The van der Waals surface area contributed by atoms with Gasteiger partial charge in [-0.15, -0.1) is 0 Å². The Balaban J connectivity index is 0. The predicted octanol–water partition coefficient (Wildman–Crippen LogP) is -1.93. The van der Waals surface area contributed by atoms with Crippen LogP contribution < -0.4 is 0 Å². The zero-order valence-corrected chi connectivity index (χ0v) is 7.29. The summed E-state index contributed by atoms with van der Waals surface area (Å²) in [7, 11) is 6.11. The van der Waals surface area contributed by atoms with E-state index >= 15 is 0 Å². The van der Waals surface area contributed by atoms with Gasteiger partial charge < -0.3 is 4.12 Å². The Labute approximate surface area is 37.6 Å². The van der Waals surface area contributed by atoms with Gasteiger partial charge in [0.05, 0.1) is 0 Å². The van der Waals surface area contributed by atoms with Crippen LogP contribution in [0.3, 0.4) is 0 Å². The first-order chi connectivity index (χ1) is 2.41. The summed E-state index contributed by atoms with van der Waals surface area (Å²) >= 11 is 0. The van der Waals surface area contributed by atoms with E-state index in [1.165, 1.54) is 0 Å². The lowest BCUT2D eigenvalue weighted by Gasteiger charge is -1.62. The van der Waals surface area contributed by atoms with Gasteiger partial charge in [0.15, 0.2) is 0 Å². The van der Waals surface area contributed by atoms with Gasteiger partial charge in [-0.1, -0.05) is 0 Å². The van der Waals surface area contributed by atoms with Gasteiger partial charge in [-0.2, -0.15) is 0 Å². The highest BCUT2D eigenvalue weighted by Crippen LogP contribution is 1.27. The monoisotopic (exact) mass is 109 g/mol. The van der Waals surface area contributed by atoms with Gasteiger partial charge in [-0.05, 0) is 0 Å². The summed E-state index contributed by atoms with van der Waals surface area (Å²) in [4.78, 5) is 0. The van der Waals surface area contributed by atoms with Gasteiger partial charge in [-0.25, -0.2) is 4.39 Å². The maximum absolute atomic E-state index is 8.75. The lowest BCUT2D eigenvalue weighted by molar-refractivity contribution is 0.690. The Morgan fingerprint density at radius 2 is 1.40 bits per heavy atom. The largest absolute Gasteiger partial charge is 0.471 e. The van der Waals surface area contributed by atoms with Crippen molar-refractivity contribution < 1.29 is 8.51 Å². The summed E-state index contributed by atoms with van der Waals surface area (Å²) in [6, 6.07) is 0. The molecule has 1 nitrogen and oxygen atoms in total. The molecule has 0 atom stereocenters. The highest BCUT2D eigenvalue weighted by Gasteiger charge is 1.28. The van der Waals surface area contributed by atoms with Crippen LogP contribution in [-0.4, -0.2) is 21.0 Å². The fourth-order valence-electron chi connectivity index (χ4n) is 0. The quantitative estimate of drug-likeness (QED) is 0.329. The van der Waals surface area contributed by atoms with E-state index in [1.54, 1.807) is 0 Å². The molecule has 0 unspecified atom stereocenters. The lowest BCUT2D eigenvalue weighted by Crippen LogP contribution is -1.65. The van der Waals surface area contributed by atoms with Crippen LogP contribution in [0.25, 0.3) is 0 Å². The van der Waals surface area contributed by atoms with Crippen LogP contribution in [0.15, 0.2) is 0 Å². The predicted molar refractivity (Wildman–Crippen MR) is 25.3 cm³/mol. The van der Waals surface area contributed by atoms with E-state index in [2.05, 4.69) is 11.3 Å². The standard InChI is InChI=1S/CF.H6OSi2/c1-2;2-1-3/h;2-3H3. The molecule has 0 fully saturated rings. The molecule has 0 heterocycles. The number of rotatable bonds is 0. The average Bonchev–Trinajstić information content (AvgIpc) is 1.46. The molecule has 0 aromatic heterocycles. The second kappa shape index (κ2) is 27.3. The van der Waals surface area contributed by atoms with Crippen molar-refractivity contribution in [1.29, 1.82) is 0 Å². The maximum Gasteiger partial charge on any atom is 0.232 e. The number of hydrogen-bond acceptors (Lipinski definition) is 1. The van der Waals surface area contributed by atoms with Gasteiger partial charge >= 0.3 is 0 Å². The highest BCUT2D eigenvalue weighted by atomic mass is 28.3. The molecular formula is CH6FOSi2. The molecule has 0 spiro atoms. The van der Waals surface area contributed by atoms with Gasteiger partial charge in [0, 0.05) is 0 Å². The summed E-state index contributed by atoms with van der Waals surface area (Å²) in [5.41, 5.74) is 0. The zero-order chi connectivity index (χ0) is 4.71. The molecule has 0 aliphatic carbocycles. The van der Waals surface area contributed by atoms with E-state index in [0.717, 1.165) is 21.0 Å². The molecule has 0 bridgehead atoms. The second-order valence-corrected chi connectivity index (χ2v) is 3.67. The molecule has 0 aliphatic rings. The fourth-order valence-corrected chi connectivity index (χ4v) is 0. The van der Waals surface area contributed by atoms with Crippen LogP contribution in [0.4, 0.5) is 4.39 Å². The third-order valence-electron chi connectivity index (χ3n) is 0. The van der Waals surface area contributed by atoms with Crippen LogP contribution in [-0.2, 0) is 4.12 Å². The Morgan fingerprint density at radius 3 is 1.40 bits per heavy atom. The van der Waals surface area contributed by atoms with Crippen molar-refractivity contribution in [2.45, 2.75) is 0 Å². The summed E-state index contributed by atoms with van der Waals surface area (Å²) in [5.74, 6) is 0. The van der Waals surface area contributed by atoms with Crippen molar-refractivity contribution in [3.63, 3.8) is 0 Å². The van der Waals surface area contributed by atoms with Crippen LogP contribution in [0, 0.1) is 7.18 Å². The van der Waals surface area contributed by atoms with E-state index in [0.29, 0.717) is 0 Å². The Morgan fingerprint density at radius 1 is 1.40 bits per heavy atom. The molecule has 0 rings (SSSR count). The maximum atomic E-state index is 8.75. The molecule has 0 aliphatic heterocycles. The Hall–Kier alpha value is 0.324. The average molecular weight is 109 g/mol. The third-order valence-corrected chi connectivity index (χ3v) is 0. The molecular weight excluding hydrogens is 103 g/mol. The van der Waals surface area contributed by atoms with E-state index < -0.39 is 0 Å². The molecule has 0 saturated heterocycles. The van der Waals surface area contributed by atoms with Gasteiger partial charge in [-0.3, -0.25) is 0 Å². The highest BCUT2D eigenvalue weighted by molar-refractivity contribution is 6.15. The third kappa shape index (κ3) is 223. The van der Waals surface area contributed by atoms with Crippen molar-refractivity contribution >= 4 is 21.0 Å². The first kappa shape index (κ1) is 9.01. The van der Waals surface area contributed by atoms with Crippen molar-refractivity contribution in [2.75, 3.05) is 0 Å². The summed E-state index contributed by atoms with van der Waals surface area (Å²) in [6.45, 7) is 0. The van der Waals surface area contributed by atoms with Gasteiger partial charge in [0.2, 0.25) is 7.18 Å². The lowest BCUT2D eigenvalue weighted by atomic mass is 11.9.